The van der Waals surface area contributed by atoms with Gasteiger partial charge in [0.15, 0.2) is 11.5 Å². The molecule has 10 heteroatoms. The van der Waals surface area contributed by atoms with Gasteiger partial charge in [-0.25, -0.2) is 4.52 Å². The molecule has 10 nitrogen and oxygen atoms in total. The fraction of sp³-hybridized carbons (Fsp3) is 0.185. The number of benzene rings is 3. The molecule has 1 N–H and O–H groups in total. The number of hydrogen-bond acceptors (Lipinski definition) is 7. The Balaban J connectivity index is 1.59. The number of hydrogen-bond donors (Lipinski definition) is 1. The first-order chi connectivity index (χ1) is 17.9. The van der Waals surface area contributed by atoms with Crippen molar-refractivity contribution in [1.29, 1.82) is 0 Å². The molecule has 0 radical (unpaired) electrons. The van der Waals surface area contributed by atoms with E-state index in [0.717, 1.165) is 11.1 Å². The second kappa shape index (κ2) is 9.65. The molecule has 0 aliphatic rings. The SMILES string of the molecule is COc1cc(NC(=O)c2nc3c(=O)n(Cc4ccccc4)c4cc(C)ccc4n3n2)cc(OC)c1OC. The number of carbonyl (C=O) groups excluding carboxylic acids is 1. The van der Waals surface area contributed by atoms with Crippen LogP contribution in [0.5, 0.6) is 17.2 Å². The molecule has 2 heterocycles. The van der Waals surface area contributed by atoms with Gasteiger partial charge in [0.1, 0.15) is 0 Å². The second-order valence-corrected chi connectivity index (χ2v) is 8.41. The first kappa shape index (κ1) is 23.9. The van der Waals surface area contributed by atoms with Crippen LogP contribution in [0, 0.1) is 6.92 Å². The van der Waals surface area contributed by atoms with Gasteiger partial charge >= 0.3 is 0 Å². The number of nitrogens with one attached hydrogen (secondary N) is 1. The van der Waals surface area contributed by atoms with Crippen LogP contribution >= 0.6 is 0 Å². The maximum absolute atomic E-state index is 13.6. The summed E-state index contributed by atoms with van der Waals surface area (Å²) in [5, 5.41) is 7.14. The Morgan fingerprint density at radius 2 is 1.62 bits per heavy atom. The van der Waals surface area contributed by atoms with Crippen LogP contribution in [0.4, 0.5) is 5.69 Å². The van der Waals surface area contributed by atoms with E-state index in [4.69, 9.17) is 14.2 Å². The number of anilines is 1. The summed E-state index contributed by atoms with van der Waals surface area (Å²) in [5.41, 5.74) is 3.42. The van der Waals surface area contributed by atoms with Gasteiger partial charge in [-0.15, -0.1) is 5.10 Å². The van der Waals surface area contributed by atoms with E-state index in [0.29, 0.717) is 40.5 Å². The monoisotopic (exact) mass is 499 g/mol. The normalized spacial score (nSPS) is 11.0. The van der Waals surface area contributed by atoms with Gasteiger partial charge in [0.05, 0.1) is 38.9 Å². The zero-order chi connectivity index (χ0) is 26.1. The summed E-state index contributed by atoms with van der Waals surface area (Å²) in [6, 6.07) is 18.6. The number of carbonyl (C=O) groups is 1. The average molecular weight is 500 g/mol. The molecule has 0 bridgehead atoms. The minimum atomic E-state index is -0.591. The van der Waals surface area contributed by atoms with Gasteiger partial charge < -0.3 is 19.5 Å². The van der Waals surface area contributed by atoms with Gasteiger partial charge in [-0.05, 0) is 30.2 Å². The van der Waals surface area contributed by atoms with Crippen LogP contribution in [0.1, 0.15) is 21.7 Å². The summed E-state index contributed by atoms with van der Waals surface area (Å²) in [6.07, 6.45) is 0. The maximum Gasteiger partial charge on any atom is 0.296 e. The van der Waals surface area contributed by atoms with E-state index in [1.165, 1.54) is 25.8 Å². The predicted molar refractivity (Wildman–Crippen MR) is 139 cm³/mol. The van der Waals surface area contributed by atoms with E-state index in [2.05, 4.69) is 15.4 Å². The molecular weight excluding hydrogens is 474 g/mol. The first-order valence-electron chi connectivity index (χ1n) is 11.5. The third-order valence-corrected chi connectivity index (χ3v) is 6.00. The predicted octanol–water partition coefficient (Wildman–Crippen LogP) is 3.68. The summed E-state index contributed by atoms with van der Waals surface area (Å²) >= 11 is 0. The van der Waals surface area contributed by atoms with E-state index in [-0.39, 0.29) is 17.0 Å². The number of ether oxygens (including phenoxy) is 3. The first-order valence-corrected chi connectivity index (χ1v) is 11.5. The molecule has 3 aromatic carbocycles. The Kier molecular flexibility index (Phi) is 6.22. The van der Waals surface area contributed by atoms with Crippen molar-refractivity contribution in [3.63, 3.8) is 0 Å². The van der Waals surface area contributed by atoms with Gasteiger partial charge in [-0.2, -0.15) is 4.98 Å². The van der Waals surface area contributed by atoms with E-state index >= 15 is 0 Å². The van der Waals surface area contributed by atoms with Crippen LogP contribution in [0.25, 0.3) is 16.7 Å². The number of aryl methyl sites for hydroxylation is 1. The molecule has 0 aliphatic heterocycles. The van der Waals surface area contributed by atoms with Crippen molar-refractivity contribution in [2.24, 2.45) is 0 Å². The van der Waals surface area contributed by atoms with Crippen molar-refractivity contribution in [2.75, 3.05) is 26.6 Å². The van der Waals surface area contributed by atoms with Gasteiger partial charge in [0.2, 0.25) is 17.2 Å². The average Bonchev–Trinajstić information content (AvgIpc) is 3.37. The topological polar surface area (TPSA) is 109 Å². The molecule has 0 saturated heterocycles. The van der Waals surface area contributed by atoms with Crippen molar-refractivity contribution < 1.29 is 19.0 Å². The minimum Gasteiger partial charge on any atom is -0.493 e. The Labute approximate surface area is 212 Å². The molecule has 5 rings (SSSR count). The number of nitrogens with zero attached hydrogens (tertiary/aromatic N) is 4. The summed E-state index contributed by atoms with van der Waals surface area (Å²) < 4.78 is 19.1. The van der Waals surface area contributed by atoms with E-state index in [1.54, 1.807) is 16.7 Å². The Morgan fingerprint density at radius 3 is 2.27 bits per heavy atom. The molecule has 0 saturated carbocycles. The van der Waals surface area contributed by atoms with Crippen LogP contribution in [-0.4, -0.2) is 46.4 Å². The van der Waals surface area contributed by atoms with Crippen molar-refractivity contribution in [3.05, 3.63) is 88.0 Å². The van der Waals surface area contributed by atoms with Gasteiger partial charge in [0.25, 0.3) is 11.5 Å². The zero-order valence-corrected chi connectivity index (χ0v) is 20.8. The summed E-state index contributed by atoms with van der Waals surface area (Å²) in [5.74, 6) is 0.419. The molecule has 188 valence electrons. The molecule has 1 amide bonds. The van der Waals surface area contributed by atoms with Crippen LogP contribution in [0.2, 0.25) is 0 Å². The standard InChI is InChI=1S/C27H25N5O5/c1-16-10-11-19-20(12-16)31(15-17-8-6-5-7-9-17)27(34)25-29-24(30-32(19)25)26(33)28-18-13-21(35-2)23(37-4)22(14-18)36-3/h5-14H,15H2,1-4H3,(H,28,33). The second-order valence-electron chi connectivity index (χ2n) is 8.41. The van der Waals surface area contributed by atoms with E-state index in [1.807, 2.05) is 55.5 Å². The van der Waals surface area contributed by atoms with Crippen LogP contribution in [0.15, 0.2) is 65.5 Å². The molecular formula is C27H25N5O5. The molecule has 2 aromatic heterocycles. The number of amides is 1. The van der Waals surface area contributed by atoms with Crippen molar-refractivity contribution in [1.82, 2.24) is 19.2 Å². The van der Waals surface area contributed by atoms with E-state index < -0.39 is 5.91 Å². The highest BCUT2D eigenvalue weighted by Crippen LogP contribution is 2.40. The minimum absolute atomic E-state index is 0.0577. The molecule has 5 aromatic rings. The molecule has 0 fully saturated rings. The maximum atomic E-state index is 13.6. The number of methoxy groups -OCH3 is 3. The third-order valence-electron chi connectivity index (χ3n) is 6.00. The Morgan fingerprint density at radius 1 is 0.919 bits per heavy atom. The smallest absolute Gasteiger partial charge is 0.296 e. The lowest BCUT2D eigenvalue weighted by atomic mass is 10.2. The summed E-state index contributed by atoms with van der Waals surface area (Å²) in [4.78, 5) is 31.0. The fourth-order valence-corrected chi connectivity index (χ4v) is 4.24. The molecule has 0 aliphatic carbocycles. The molecule has 0 atom stereocenters. The van der Waals surface area contributed by atoms with Crippen LogP contribution < -0.4 is 25.1 Å². The molecule has 0 spiro atoms. The summed E-state index contributed by atoms with van der Waals surface area (Å²) in [7, 11) is 4.47. The Bertz CT molecular complexity index is 1670. The number of rotatable bonds is 7. The van der Waals surface area contributed by atoms with Crippen LogP contribution in [-0.2, 0) is 6.54 Å². The highest BCUT2D eigenvalue weighted by Gasteiger charge is 2.21. The van der Waals surface area contributed by atoms with Gasteiger partial charge in [-0.3, -0.25) is 14.2 Å². The quantitative estimate of drug-likeness (QED) is 0.364. The van der Waals surface area contributed by atoms with Crippen LogP contribution in [0.3, 0.4) is 0 Å². The highest BCUT2D eigenvalue weighted by molar-refractivity contribution is 6.02. The van der Waals surface area contributed by atoms with Gasteiger partial charge in [0, 0.05) is 17.8 Å². The fourth-order valence-electron chi connectivity index (χ4n) is 4.24. The lowest BCUT2D eigenvalue weighted by Crippen LogP contribution is -2.24. The largest absolute Gasteiger partial charge is 0.493 e. The van der Waals surface area contributed by atoms with Crippen molar-refractivity contribution in [3.8, 4) is 17.2 Å². The molecule has 0 unspecified atom stereocenters. The van der Waals surface area contributed by atoms with Gasteiger partial charge in [-0.1, -0.05) is 36.4 Å². The lowest BCUT2D eigenvalue weighted by molar-refractivity contribution is 0.101. The molecule has 37 heavy (non-hydrogen) atoms. The highest BCUT2D eigenvalue weighted by atomic mass is 16.5. The van der Waals surface area contributed by atoms with Crippen molar-refractivity contribution >= 4 is 28.3 Å². The van der Waals surface area contributed by atoms with E-state index in [9.17, 15) is 9.59 Å². The van der Waals surface area contributed by atoms with Crippen molar-refractivity contribution in [2.45, 2.75) is 13.5 Å². The Hall–Kier alpha value is -4.86. The third kappa shape index (κ3) is 4.33. The lowest BCUT2D eigenvalue weighted by Gasteiger charge is -2.14. The number of fused-ring (bicyclic) bond motifs is 3. The summed E-state index contributed by atoms with van der Waals surface area (Å²) in [6.45, 7) is 2.31. The number of aromatic nitrogens is 4. The zero-order valence-electron chi connectivity index (χ0n) is 20.8.